The molecule has 0 bridgehead atoms. The lowest BCUT2D eigenvalue weighted by atomic mass is 10.1. The van der Waals surface area contributed by atoms with E-state index in [1.807, 2.05) is 90.5 Å². The number of aromatic nitrogens is 1. The highest BCUT2D eigenvalue weighted by atomic mass is 16.6. The Labute approximate surface area is 189 Å². The van der Waals surface area contributed by atoms with Crippen LogP contribution in [0.3, 0.4) is 0 Å². The summed E-state index contributed by atoms with van der Waals surface area (Å²) in [6.07, 6.45) is 5.93. The molecule has 0 atom stereocenters. The molecule has 0 saturated heterocycles. The summed E-state index contributed by atoms with van der Waals surface area (Å²) in [5.41, 5.74) is 3.44. The Morgan fingerprint density at radius 2 is 1.78 bits per heavy atom. The largest absolute Gasteiger partial charge is 0.467 e. The van der Waals surface area contributed by atoms with Gasteiger partial charge in [-0.1, -0.05) is 60.2 Å². The fraction of sp³-hybridized carbons (Fsp3) is 0.259. The van der Waals surface area contributed by atoms with Crippen LogP contribution in [-0.2, 0) is 27.4 Å². The van der Waals surface area contributed by atoms with Crippen LogP contribution in [0.5, 0.6) is 0 Å². The Balaban J connectivity index is 1.64. The second-order valence-electron chi connectivity index (χ2n) is 8.18. The fourth-order valence-electron chi connectivity index (χ4n) is 3.29. The van der Waals surface area contributed by atoms with Crippen molar-refractivity contribution < 1.29 is 19.1 Å². The highest BCUT2D eigenvalue weighted by Gasteiger charge is 2.29. The number of carbonyl (C=O) groups is 2. The van der Waals surface area contributed by atoms with Crippen molar-refractivity contribution in [2.75, 3.05) is 7.11 Å². The molecule has 0 spiro atoms. The molecule has 0 aliphatic rings. The molecule has 0 N–H and O–H groups in total. The first-order chi connectivity index (χ1) is 15.3. The second kappa shape index (κ2) is 10.2. The number of methoxy groups -OCH3 is 1. The van der Waals surface area contributed by atoms with E-state index in [1.54, 1.807) is 13.8 Å². The zero-order valence-electron chi connectivity index (χ0n) is 19.0. The molecule has 0 radical (unpaired) electrons. The molecule has 5 heteroatoms. The van der Waals surface area contributed by atoms with E-state index in [9.17, 15) is 9.59 Å². The van der Waals surface area contributed by atoms with Gasteiger partial charge in [0.05, 0.1) is 19.4 Å². The zero-order valence-corrected chi connectivity index (χ0v) is 19.0. The van der Waals surface area contributed by atoms with Crippen molar-refractivity contribution in [1.82, 2.24) is 4.57 Å². The molecule has 1 heterocycles. The van der Waals surface area contributed by atoms with Gasteiger partial charge in [0.1, 0.15) is 0 Å². The maximum Gasteiger partial charge on any atom is 0.337 e. The van der Waals surface area contributed by atoms with E-state index in [0.717, 1.165) is 16.7 Å². The fourth-order valence-corrected chi connectivity index (χ4v) is 3.29. The standard InChI is InChI=1S/C27H29NO4/c1-20-12-14-23(15-13-20)25(29)24-11-7-17-28(24)16-6-10-21-8-5-9-22(18-21)19-32-27(2,3)26(30)31-4/h5-15,17-18H,16,19H2,1-4H3/b10-6+. The molecule has 3 aromatic rings. The van der Waals surface area contributed by atoms with Gasteiger partial charge >= 0.3 is 5.97 Å². The number of benzene rings is 2. The summed E-state index contributed by atoms with van der Waals surface area (Å²) in [6.45, 7) is 6.26. The number of ether oxygens (including phenoxy) is 2. The van der Waals surface area contributed by atoms with Crippen LogP contribution in [0.25, 0.3) is 6.08 Å². The summed E-state index contributed by atoms with van der Waals surface area (Å²) >= 11 is 0. The molecular weight excluding hydrogens is 402 g/mol. The van der Waals surface area contributed by atoms with Crippen LogP contribution < -0.4 is 0 Å². The molecule has 0 saturated carbocycles. The van der Waals surface area contributed by atoms with E-state index in [0.29, 0.717) is 24.4 Å². The first-order valence-electron chi connectivity index (χ1n) is 10.5. The quantitative estimate of drug-likeness (QED) is 0.345. The SMILES string of the molecule is COC(=O)C(C)(C)OCc1cccc(/C=C/Cn2cccc2C(=O)c2ccc(C)cc2)c1. The van der Waals surface area contributed by atoms with Crippen LogP contribution in [0.15, 0.2) is 72.9 Å². The lowest BCUT2D eigenvalue weighted by molar-refractivity contribution is -0.166. The number of allylic oxidation sites excluding steroid dienone is 1. The van der Waals surface area contributed by atoms with Crippen molar-refractivity contribution in [2.45, 2.75) is 39.5 Å². The van der Waals surface area contributed by atoms with Crippen molar-refractivity contribution in [3.63, 3.8) is 0 Å². The lowest BCUT2D eigenvalue weighted by Gasteiger charge is -2.22. The monoisotopic (exact) mass is 431 g/mol. The van der Waals surface area contributed by atoms with Gasteiger partial charge in [-0.2, -0.15) is 0 Å². The number of aryl methyl sites for hydroxylation is 1. The third-order valence-electron chi connectivity index (χ3n) is 5.22. The third-order valence-corrected chi connectivity index (χ3v) is 5.22. The summed E-state index contributed by atoms with van der Waals surface area (Å²) < 4.78 is 12.4. The Hall–Kier alpha value is -3.44. The minimum Gasteiger partial charge on any atom is -0.467 e. The van der Waals surface area contributed by atoms with Gasteiger partial charge in [-0.3, -0.25) is 4.79 Å². The zero-order chi connectivity index (χ0) is 23.1. The predicted octanol–water partition coefficient (Wildman–Crippen LogP) is 5.21. The van der Waals surface area contributed by atoms with Crippen LogP contribution in [0, 0.1) is 6.92 Å². The highest BCUT2D eigenvalue weighted by molar-refractivity contribution is 6.08. The summed E-state index contributed by atoms with van der Waals surface area (Å²) in [5, 5.41) is 0. The van der Waals surface area contributed by atoms with E-state index in [1.165, 1.54) is 7.11 Å². The molecule has 0 fully saturated rings. The summed E-state index contributed by atoms with van der Waals surface area (Å²) in [6, 6.07) is 19.3. The molecule has 5 nitrogen and oxygen atoms in total. The number of esters is 1. The van der Waals surface area contributed by atoms with Crippen molar-refractivity contribution in [2.24, 2.45) is 0 Å². The van der Waals surface area contributed by atoms with Crippen molar-refractivity contribution in [3.8, 4) is 0 Å². The molecule has 3 rings (SSSR count). The molecule has 1 aromatic heterocycles. The first-order valence-corrected chi connectivity index (χ1v) is 10.5. The summed E-state index contributed by atoms with van der Waals surface area (Å²) in [7, 11) is 1.35. The average molecular weight is 432 g/mol. The normalized spacial score (nSPS) is 11.6. The topological polar surface area (TPSA) is 57.5 Å². The number of hydrogen-bond acceptors (Lipinski definition) is 4. The maximum atomic E-state index is 12.8. The van der Waals surface area contributed by atoms with Gasteiger partial charge in [-0.25, -0.2) is 4.79 Å². The molecule has 32 heavy (non-hydrogen) atoms. The third kappa shape index (κ3) is 5.83. The van der Waals surface area contributed by atoms with Gasteiger partial charge in [-0.15, -0.1) is 0 Å². The number of hydrogen-bond donors (Lipinski definition) is 0. The Bertz CT molecular complexity index is 1110. The number of ketones is 1. The molecule has 0 unspecified atom stereocenters. The van der Waals surface area contributed by atoms with Crippen LogP contribution in [-0.4, -0.2) is 29.0 Å². The number of rotatable bonds is 9. The summed E-state index contributed by atoms with van der Waals surface area (Å²) in [4.78, 5) is 24.6. The molecule has 0 aliphatic heterocycles. The van der Waals surface area contributed by atoms with Crippen LogP contribution >= 0.6 is 0 Å². The van der Waals surface area contributed by atoms with Crippen LogP contribution in [0.2, 0.25) is 0 Å². The van der Waals surface area contributed by atoms with Gasteiger partial charge < -0.3 is 14.0 Å². The van der Waals surface area contributed by atoms with Gasteiger partial charge in [0.15, 0.2) is 5.60 Å². The Morgan fingerprint density at radius 3 is 2.50 bits per heavy atom. The van der Waals surface area contributed by atoms with Crippen molar-refractivity contribution in [3.05, 3.63) is 101 Å². The Kier molecular flexibility index (Phi) is 7.44. The van der Waals surface area contributed by atoms with Crippen molar-refractivity contribution in [1.29, 1.82) is 0 Å². The molecular formula is C27H29NO4. The van der Waals surface area contributed by atoms with Gasteiger partial charge in [0, 0.05) is 18.3 Å². The van der Waals surface area contributed by atoms with E-state index in [4.69, 9.17) is 9.47 Å². The van der Waals surface area contributed by atoms with E-state index >= 15 is 0 Å². The van der Waals surface area contributed by atoms with Gasteiger partial charge in [-0.05, 0) is 50.1 Å². The lowest BCUT2D eigenvalue weighted by Crippen LogP contribution is -2.35. The second-order valence-corrected chi connectivity index (χ2v) is 8.18. The maximum absolute atomic E-state index is 12.8. The minimum absolute atomic E-state index is 0.00997. The predicted molar refractivity (Wildman–Crippen MR) is 125 cm³/mol. The highest BCUT2D eigenvalue weighted by Crippen LogP contribution is 2.17. The number of nitrogens with zero attached hydrogens (tertiary/aromatic N) is 1. The van der Waals surface area contributed by atoms with Crippen LogP contribution in [0.4, 0.5) is 0 Å². The van der Waals surface area contributed by atoms with Crippen molar-refractivity contribution >= 4 is 17.8 Å². The summed E-state index contributed by atoms with van der Waals surface area (Å²) in [5.74, 6) is -0.396. The van der Waals surface area contributed by atoms with Gasteiger partial charge in [0.25, 0.3) is 0 Å². The average Bonchev–Trinajstić information content (AvgIpc) is 3.26. The smallest absolute Gasteiger partial charge is 0.337 e. The Morgan fingerprint density at radius 1 is 1.03 bits per heavy atom. The number of carbonyl (C=O) groups excluding carboxylic acids is 2. The van der Waals surface area contributed by atoms with E-state index < -0.39 is 11.6 Å². The van der Waals surface area contributed by atoms with Gasteiger partial charge in [0.2, 0.25) is 5.78 Å². The van der Waals surface area contributed by atoms with E-state index in [2.05, 4.69) is 0 Å². The molecule has 166 valence electrons. The van der Waals surface area contributed by atoms with E-state index in [-0.39, 0.29) is 5.78 Å². The molecule has 0 amide bonds. The minimum atomic E-state index is -1.00. The van der Waals surface area contributed by atoms with Crippen LogP contribution in [0.1, 0.15) is 46.6 Å². The molecule has 2 aromatic carbocycles. The first kappa shape index (κ1) is 23.2. The molecule has 0 aliphatic carbocycles.